The summed E-state index contributed by atoms with van der Waals surface area (Å²) in [6, 6.07) is 0. The molecule has 1 aliphatic heterocycles. The van der Waals surface area contributed by atoms with Crippen molar-refractivity contribution in [3.63, 3.8) is 0 Å². The van der Waals surface area contributed by atoms with E-state index >= 15 is 0 Å². The molecule has 1 saturated heterocycles. The van der Waals surface area contributed by atoms with Gasteiger partial charge in [0.25, 0.3) is 5.56 Å². The van der Waals surface area contributed by atoms with E-state index in [-0.39, 0.29) is 12.0 Å². The van der Waals surface area contributed by atoms with Crippen LogP contribution in [-0.4, -0.2) is 48.7 Å². The molecule has 0 saturated carbocycles. The Morgan fingerprint density at radius 3 is 2.84 bits per heavy atom. The van der Waals surface area contributed by atoms with Gasteiger partial charge in [-0.1, -0.05) is 38.8 Å². The summed E-state index contributed by atoms with van der Waals surface area (Å²) in [5.41, 5.74) is -1.06. The van der Waals surface area contributed by atoms with Crippen molar-refractivity contribution in [3.05, 3.63) is 37.6 Å². The summed E-state index contributed by atoms with van der Waals surface area (Å²) < 4.78 is 6.68. The molecule has 2 rings (SSSR count). The van der Waals surface area contributed by atoms with E-state index < -0.39 is 46.4 Å². The number of rotatable bonds is 6. The second-order valence-corrected chi connectivity index (χ2v) is 7.26. The van der Waals surface area contributed by atoms with Crippen LogP contribution in [0.15, 0.2) is 20.8 Å². The first kappa shape index (κ1) is 20.2. The second-order valence-electron chi connectivity index (χ2n) is 5.63. The van der Waals surface area contributed by atoms with Gasteiger partial charge in [-0.05, 0) is 17.5 Å². The highest BCUT2D eigenvalue weighted by Gasteiger charge is 2.43. The third kappa shape index (κ3) is 4.37. The molecule has 10 heteroatoms. The van der Waals surface area contributed by atoms with Crippen molar-refractivity contribution >= 4 is 43.7 Å². The number of aromatic amines is 1. The predicted molar refractivity (Wildman–Crippen MR) is 97.8 cm³/mol. The van der Waals surface area contributed by atoms with Crippen LogP contribution in [0.25, 0.3) is 6.08 Å². The van der Waals surface area contributed by atoms with Crippen LogP contribution in [0.4, 0.5) is 0 Å². The number of ether oxygens (including phenoxy) is 1. The number of aliphatic hydroxyl groups excluding tert-OH is 2. The number of nitrogens with zero attached hydrogens (tertiary/aromatic N) is 1. The van der Waals surface area contributed by atoms with Crippen molar-refractivity contribution in [2.75, 3.05) is 0 Å². The van der Waals surface area contributed by atoms with Crippen LogP contribution in [0.2, 0.25) is 0 Å². The summed E-state index contributed by atoms with van der Waals surface area (Å²) in [6.45, 7) is 1.78. The molecular formula is C15H18Br2N2O6. The lowest BCUT2D eigenvalue weighted by atomic mass is 10.0. The number of aliphatic hydroxyl groups is 2. The number of alkyl halides is 1. The summed E-state index contributed by atoms with van der Waals surface area (Å²) in [7, 11) is 0. The van der Waals surface area contributed by atoms with Crippen LogP contribution >= 0.6 is 31.9 Å². The minimum Gasteiger partial charge on any atom is -0.390 e. The first-order chi connectivity index (χ1) is 11.8. The molecule has 8 nitrogen and oxygen atoms in total. The molecule has 1 fully saturated rings. The van der Waals surface area contributed by atoms with E-state index in [9.17, 15) is 24.6 Å². The minimum absolute atomic E-state index is 0.00248. The summed E-state index contributed by atoms with van der Waals surface area (Å²) in [6.07, 6.45) is -1.50. The highest BCUT2D eigenvalue weighted by Crippen LogP contribution is 2.30. The number of carbonyl (C=O) groups excluding carboxylic acids is 1. The number of halogens is 2. The topological polar surface area (TPSA) is 122 Å². The van der Waals surface area contributed by atoms with E-state index in [2.05, 4.69) is 36.8 Å². The third-order valence-electron chi connectivity index (χ3n) is 3.95. The Kier molecular flexibility index (Phi) is 6.92. The van der Waals surface area contributed by atoms with Crippen molar-refractivity contribution in [2.45, 2.75) is 49.1 Å². The van der Waals surface area contributed by atoms with E-state index in [0.29, 0.717) is 6.42 Å². The molecule has 0 radical (unpaired) electrons. The van der Waals surface area contributed by atoms with Gasteiger partial charge in [-0.3, -0.25) is 19.1 Å². The molecule has 0 spiro atoms. The normalized spacial score (nSPS) is 26.0. The zero-order chi connectivity index (χ0) is 18.7. The van der Waals surface area contributed by atoms with Gasteiger partial charge in [-0.2, -0.15) is 0 Å². The van der Waals surface area contributed by atoms with Crippen LogP contribution in [0, 0.1) is 0 Å². The number of hydrogen-bond donors (Lipinski definition) is 3. The zero-order valence-corrected chi connectivity index (χ0v) is 16.4. The summed E-state index contributed by atoms with van der Waals surface area (Å²) in [5.74, 6) is -0.496. The molecule has 25 heavy (non-hydrogen) atoms. The number of H-pyrrole nitrogens is 1. The van der Waals surface area contributed by atoms with E-state index in [1.807, 2.05) is 0 Å². The van der Waals surface area contributed by atoms with Gasteiger partial charge >= 0.3 is 5.69 Å². The fourth-order valence-electron chi connectivity index (χ4n) is 2.58. The molecule has 138 valence electrons. The molecule has 0 aromatic carbocycles. The van der Waals surface area contributed by atoms with Crippen molar-refractivity contribution in [1.82, 2.24) is 9.55 Å². The average molecular weight is 482 g/mol. The van der Waals surface area contributed by atoms with Gasteiger partial charge in [0, 0.05) is 12.6 Å². The Balaban J connectivity index is 2.27. The molecule has 0 amide bonds. The molecule has 2 unspecified atom stereocenters. The number of carbonyl (C=O) groups is 1. The highest BCUT2D eigenvalue weighted by molar-refractivity contribution is 9.11. The number of ketones is 1. The first-order valence-corrected chi connectivity index (χ1v) is 9.44. The van der Waals surface area contributed by atoms with Crippen LogP contribution in [0.1, 0.15) is 31.6 Å². The fourth-order valence-corrected chi connectivity index (χ4v) is 3.14. The van der Waals surface area contributed by atoms with Crippen molar-refractivity contribution in [1.29, 1.82) is 0 Å². The minimum atomic E-state index is -1.52. The Morgan fingerprint density at radius 2 is 2.24 bits per heavy atom. The van der Waals surface area contributed by atoms with Gasteiger partial charge in [0.15, 0.2) is 5.78 Å². The summed E-state index contributed by atoms with van der Waals surface area (Å²) >= 11 is 6.22. The van der Waals surface area contributed by atoms with Gasteiger partial charge in [0.05, 0.1) is 16.5 Å². The lowest BCUT2D eigenvalue weighted by Crippen LogP contribution is -2.43. The summed E-state index contributed by atoms with van der Waals surface area (Å²) in [4.78, 5) is 38.9. The van der Waals surface area contributed by atoms with Crippen LogP contribution in [0.3, 0.4) is 0 Å². The number of hydrogen-bond acceptors (Lipinski definition) is 6. The van der Waals surface area contributed by atoms with Crippen molar-refractivity contribution in [2.24, 2.45) is 0 Å². The molecule has 0 aliphatic carbocycles. The Morgan fingerprint density at radius 1 is 1.56 bits per heavy atom. The Hall–Kier alpha value is -1.07. The molecular weight excluding hydrogens is 464 g/mol. The maximum absolute atomic E-state index is 12.1. The Labute approximate surface area is 159 Å². The second kappa shape index (κ2) is 8.54. The van der Waals surface area contributed by atoms with Gasteiger partial charge < -0.3 is 14.9 Å². The third-order valence-corrected chi connectivity index (χ3v) is 5.32. The Bertz CT molecular complexity index is 774. The highest BCUT2D eigenvalue weighted by atomic mass is 79.9. The van der Waals surface area contributed by atoms with Gasteiger partial charge in [-0.25, -0.2) is 4.79 Å². The standard InChI is InChI=1S/C15H18Br2N2O6/c1-2-8(17)11(21)12(22)13-9(20)5-10(25-13)19-6-7(3-4-16)14(23)18-15(19)24/h3-4,6,8-10,12-13,20,22H,2,5H2,1H3,(H,18,23,24)/b4-3+/t8?,9-,10+,12?,13-/m0/s1. The first-order valence-electron chi connectivity index (χ1n) is 7.61. The molecule has 1 aromatic heterocycles. The van der Waals surface area contributed by atoms with Crippen molar-refractivity contribution < 1.29 is 19.7 Å². The van der Waals surface area contributed by atoms with E-state index in [4.69, 9.17) is 4.74 Å². The van der Waals surface area contributed by atoms with Crippen LogP contribution in [0.5, 0.6) is 0 Å². The smallest absolute Gasteiger partial charge is 0.330 e. The molecule has 0 bridgehead atoms. The maximum Gasteiger partial charge on any atom is 0.330 e. The number of Topliss-reactive ketones (excluding diaryl/α,β-unsaturated/α-hetero) is 1. The van der Waals surface area contributed by atoms with E-state index in [0.717, 1.165) is 4.57 Å². The van der Waals surface area contributed by atoms with Crippen molar-refractivity contribution in [3.8, 4) is 0 Å². The van der Waals surface area contributed by atoms with Crippen LogP contribution in [-0.2, 0) is 9.53 Å². The maximum atomic E-state index is 12.1. The predicted octanol–water partition coefficient (Wildman–Crippen LogP) is 0.654. The fraction of sp³-hybridized carbons (Fsp3) is 0.533. The zero-order valence-electron chi connectivity index (χ0n) is 13.3. The van der Waals surface area contributed by atoms with Crippen LogP contribution < -0.4 is 11.2 Å². The average Bonchev–Trinajstić information content (AvgIpc) is 2.96. The SMILES string of the molecule is CCC(Br)C(=O)C(O)[C@H]1O[C@@H](n2cc(/C=C/Br)c(=O)[nH]c2=O)C[C@@H]1O. The van der Waals surface area contributed by atoms with Gasteiger partial charge in [-0.15, -0.1) is 0 Å². The lowest BCUT2D eigenvalue weighted by molar-refractivity contribution is -0.140. The molecule has 1 aliphatic rings. The monoisotopic (exact) mass is 480 g/mol. The number of nitrogens with one attached hydrogen (secondary N) is 1. The molecule has 5 atom stereocenters. The largest absolute Gasteiger partial charge is 0.390 e. The van der Waals surface area contributed by atoms with Gasteiger partial charge in [0.2, 0.25) is 0 Å². The molecule has 3 N–H and O–H groups in total. The quantitative estimate of drug-likeness (QED) is 0.513. The lowest BCUT2D eigenvalue weighted by Gasteiger charge is -2.22. The molecule has 1 aromatic rings. The van der Waals surface area contributed by atoms with E-state index in [1.165, 1.54) is 17.3 Å². The summed E-state index contributed by atoms with van der Waals surface area (Å²) in [5, 5.41) is 20.3. The van der Waals surface area contributed by atoms with E-state index in [1.54, 1.807) is 6.92 Å². The number of aromatic nitrogens is 2. The molecule has 2 heterocycles. The van der Waals surface area contributed by atoms with Gasteiger partial charge in [0.1, 0.15) is 18.4 Å².